The smallest absolute Gasteiger partial charge is 0.153 e. The zero-order valence-electron chi connectivity index (χ0n) is 16.7. The number of aryl methyl sites for hydroxylation is 1. The number of ether oxygens (including phenoxy) is 1. The Balaban J connectivity index is 1.75. The summed E-state index contributed by atoms with van der Waals surface area (Å²) >= 11 is 0. The lowest BCUT2D eigenvalue weighted by molar-refractivity contribution is 0.0985. The minimum atomic E-state index is -0.427. The highest BCUT2D eigenvalue weighted by Crippen LogP contribution is 2.41. The average molecular weight is 380 g/mol. The van der Waals surface area contributed by atoms with Crippen LogP contribution in [0.25, 0.3) is 0 Å². The Morgan fingerprint density at radius 2 is 2.07 bits per heavy atom. The van der Waals surface area contributed by atoms with Crippen molar-refractivity contribution in [3.8, 4) is 6.07 Å². The van der Waals surface area contributed by atoms with Crippen molar-refractivity contribution >= 4 is 17.5 Å². The van der Waals surface area contributed by atoms with E-state index in [0.717, 1.165) is 60.9 Å². The lowest BCUT2D eigenvalue weighted by Gasteiger charge is -2.36. The van der Waals surface area contributed by atoms with Gasteiger partial charge < -0.3 is 15.0 Å². The molecule has 2 N–H and O–H groups in total. The topological polar surface area (TPSA) is 89.9 Å². The Bertz CT molecular complexity index is 864. The molecule has 2 aromatic rings. The van der Waals surface area contributed by atoms with Gasteiger partial charge >= 0.3 is 0 Å². The van der Waals surface area contributed by atoms with Gasteiger partial charge in [0.1, 0.15) is 11.6 Å². The Hall–Kier alpha value is -2.59. The van der Waals surface area contributed by atoms with Crippen LogP contribution in [-0.2, 0) is 10.2 Å². The molecule has 0 spiro atoms. The summed E-state index contributed by atoms with van der Waals surface area (Å²) in [5.74, 6) is 2.37. The van der Waals surface area contributed by atoms with Gasteiger partial charge in [0.25, 0.3) is 0 Å². The summed E-state index contributed by atoms with van der Waals surface area (Å²) in [6, 6.07) is 9.01. The number of pyridine rings is 1. The van der Waals surface area contributed by atoms with Crippen LogP contribution >= 0.6 is 0 Å². The predicted molar refractivity (Wildman–Crippen MR) is 109 cm³/mol. The van der Waals surface area contributed by atoms with E-state index in [1.54, 1.807) is 0 Å². The van der Waals surface area contributed by atoms with Gasteiger partial charge in [-0.2, -0.15) is 10.4 Å². The number of nitrogens with one attached hydrogen (secondary N) is 2. The fourth-order valence-electron chi connectivity index (χ4n) is 4.30. The summed E-state index contributed by atoms with van der Waals surface area (Å²) in [6.45, 7) is 6.31. The summed E-state index contributed by atoms with van der Waals surface area (Å²) in [5.41, 5.74) is 1.62. The molecule has 2 fully saturated rings. The standard InChI is InChI=1S/C21H28N6O/c1-15-10-19(26-25-15)23-18-11-17(21(14-22)6-4-3-5-7-21)12-20(24-18)27-8-9-28-13-16(27)2/h10-12,16H,3-9,13H2,1-2H3,(H2,23,24,25,26)/t16-/m1/s1. The maximum absolute atomic E-state index is 10.1. The molecule has 7 nitrogen and oxygen atoms in total. The summed E-state index contributed by atoms with van der Waals surface area (Å²) in [7, 11) is 0. The van der Waals surface area contributed by atoms with Crippen LogP contribution in [0.15, 0.2) is 18.2 Å². The molecular weight excluding hydrogens is 352 g/mol. The molecule has 2 aliphatic rings. The van der Waals surface area contributed by atoms with E-state index in [2.05, 4.69) is 39.5 Å². The highest BCUT2D eigenvalue weighted by atomic mass is 16.5. The van der Waals surface area contributed by atoms with Gasteiger partial charge in [0.05, 0.1) is 30.7 Å². The molecule has 0 amide bonds. The van der Waals surface area contributed by atoms with Gasteiger partial charge in [-0.1, -0.05) is 19.3 Å². The van der Waals surface area contributed by atoms with Crippen molar-refractivity contribution in [2.24, 2.45) is 0 Å². The molecule has 1 aliphatic carbocycles. The van der Waals surface area contributed by atoms with E-state index in [9.17, 15) is 5.26 Å². The number of aromatic nitrogens is 3. The monoisotopic (exact) mass is 380 g/mol. The van der Waals surface area contributed by atoms with Crippen molar-refractivity contribution in [1.82, 2.24) is 15.2 Å². The lowest BCUT2D eigenvalue weighted by atomic mass is 9.70. The molecule has 4 rings (SSSR count). The second kappa shape index (κ2) is 7.80. The molecular formula is C21H28N6O. The third kappa shape index (κ3) is 3.69. The van der Waals surface area contributed by atoms with Crippen molar-refractivity contribution in [3.05, 3.63) is 29.5 Å². The van der Waals surface area contributed by atoms with Gasteiger partial charge in [0.2, 0.25) is 0 Å². The first kappa shape index (κ1) is 18.8. The molecule has 28 heavy (non-hydrogen) atoms. The first-order valence-corrected chi connectivity index (χ1v) is 10.2. The van der Waals surface area contributed by atoms with Gasteiger partial charge in [-0.3, -0.25) is 5.10 Å². The molecule has 1 saturated carbocycles. The number of nitriles is 1. The fourth-order valence-corrected chi connectivity index (χ4v) is 4.30. The van der Waals surface area contributed by atoms with Crippen molar-refractivity contribution < 1.29 is 4.74 Å². The fraction of sp³-hybridized carbons (Fsp3) is 0.571. The van der Waals surface area contributed by atoms with Crippen LogP contribution in [0.5, 0.6) is 0 Å². The van der Waals surface area contributed by atoms with E-state index in [1.807, 2.05) is 19.1 Å². The molecule has 7 heteroatoms. The lowest BCUT2D eigenvalue weighted by Crippen LogP contribution is -2.44. The van der Waals surface area contributed by atoms with E-state index in [0.29, 0.717) is 13.2 Å². The Morgan fingerprint density at radius 1 is 1.25 bits per heavy atom. The van der Waals surface area contributed by atoms with E-state index in [1.165, 1.54) is 6.42 Å². The minimum absolute atomic E-state index is 0.251. The van der Waals surface area contributed by atoms with Crippen LogP contribution in [0.2, 0.25) is 0 Å². The quantitative estimate of drug-likeness (QED) is 0.838. The Kier molecular flexibility index (Phi) is 5.23. The number of morpholine rings is 1. The number of H-pyrrole nitrogens is 1. The van der Waals surface area contributed by atoms with E-state index in [4.69, 9.17) is 9.72 Å². The second-order valence-electron chi connectivity index (χ2n) is 8.03. The zero-order valence-corrected chi connectivity index (χ0v) is 16.7. The van der Waals surface area contributed by atoms with Crippen LogP contribution in [0.4, 0.5) is 17.5 Å². The largest absolute Gasteiger partial charge is 0.377 e. The number of aromatic amines is 1. The van der Waals surface area contributed by atoms with Crippen LogP contribution in [-0.4, -0.2) is 41.0 Å². The third-order valence-corrected chi connectivity index (χ3v) is 5.91. The molecule has 0 aromatic carbocycles. The maximum atomic E-state index is 10.1. The maximum Gasteiger partial charge on any atom is 0.153 e. The SMILES string of the molecule is Cc1cc(Nc2cc(C3(C#N)CCCCC3)cc(N3CCOC[C@H]3C)n2)n[nH]1. The van der Waals surface area contributed by atoms with Crippen LogP contribution in [0, 0.1) is 18.3 Å². The van der Waals surface area contributed by atoms with Gasteiger partial charge in [-0.25, -0.2) is 4.98 Å². The first-order chi connectivity index (χ1) is 13.6. The Labute approximate surface area is 166 Å². The molecule has 3 heterocycles. The van der Waals surface area contributed by atoms with Gasteiger partial charge in [0, 0.05) is 18.3 Å². The summed E-state index contributed by atoms with van der Waals surface area (Å²) < 4.78 is 5.60. The summed E-state index contributed by atoms with van der Waals surface area (Å²) in [5, 5.41) is 20.6. The normalized spacial score (nSPS) is 21.9. The number of hydrogen-bond donors (Lipinski definition) is 2. The minimum Gasteiger partial charge on any atom is -0.377 e. The van der Waals surface area contributed by atoms with Crippen LogP contribution < -0.4 is 10.2 Å². The first-order valence-electron chi connectivity index (χ1n) is 10.2. The number of anilines is 3. The molecule has 148 valence electrons. The number of hydrogen-bond acceptors (Lipinski definition) is 6. The highest BCUT2D eigenvalue weighted by Gasteiger charge is 2.35. The predicted octanol–water partition coefficient (Wildman–Crippen LogP) is 3.81. The zero-order chi connectivity index (χ0) is 19.6. The third-order valence-electron chi connectivity index (χ3n) is 5.91. The van der Waals surface area contributed by atoms with E-state index in [-0.39, 0.29) is 6.04 Å². The second-order valence-corrected chi connectivity index (χ2v) is 8.03. The molecule has 0 unspecified atom stereocenters. The Morgan fingerprint density at radius 3 is 2.75 bits per heavy atom. The van der Waals surface area contributed by atoms with Gasteiger partial charge in [-0.05, 0) is 44.4 Å². The van der Waals surface area contributed by atoms with E-state index >= 15 is 0 Å². The van der Waals surface area contributed by atoms with Crippen molar-refractivity contribution in [1.29, 1.82) is 5.26 Å². The van der Waals surface area contributed by atoms with Crippen molar-refractivity contribution in [2.75, 3.05) is 30.0 Å². The molecule has 1 aliphatic heterocycles. The summed E-state index contributed by atoms with van der Waals surface area (Å²) in [6.07, 6.45) is 5.22. The molecule has 2 aromatic heterocycles. The van der Waals surface area contributed by atoms with Gasteiger partial charge in [-0.15, -0.1) is 0 Å². The van der Waals surface area contributed by atoms with Crippen molar-refractivity contribution in [2.45, 2.75) is 57.4 Å². The summed E-state index contributed by atoms with van der Waals surface area (Å²) in [4.78, 5) is 7.15. The molecule has 0 bridgehead atoms. The van der Waals surface area contributed by atoms with Crippen LogP contribution in [0.3, 0.4) is 0 Å². The highest BCUT2D eigenvalue weighted by molar-refractivity contribution is 5.59. The van der Waals surface area contributed by atoms with Gasteiger partial charge in [0.15, 0.2) is 5.82 Å². The van der Waals surface area contributed by atoms with Crippen molar-refractivity contribution in [3.63, 3.8) is 0 Å². The van der Waals surface area contributed by atoms with Crippen LogP contribution in [0.1, 0.15) is 50.3 Å². The number of nitrogens with zero attached hydrogens (tertiary/aromatic N) is 4. The molecule has 0 radical (unpaired) electrons. The van der Waals surface area contributed by atoms with E-state index < -0.39 is 5.41 Å². The average Bonchev–Trinajstić information content (AvgIpc) is 3.13. The molecule has 1 saturated heterocycles. The molecule has 1 atom stereocenters. The number of rotatable bonds is 4.